The molecule has 4 N–H and O–H groups in total. The van der Waals surface area contributed by atoms with Crippen LogP contribution in [0.15, 0.2) is 23.1 Å². The van der Waals surface area contributed by atoms with Crippen molar-refractivity contribution >= 4 is 15.7 Å². The molecule has 1 aromatic rings. The number of halogens is 1. The average molecular weight is 292 g/mol. The first kappa shape index (κ1) is 15.8. The van der Waals surface area contributed by atoms with Crippen LogP contribution in [-0.4, -0.2) is 39.9 Å². The average Bonchev–Trinajstić information content (AvgIpc) is 2.28. The van der Waals surface area contributed by atoms with Crippen LogP contribution in [0.1, 0.15) is 6.42 Å². The minimum atomic E-state index is -4.02. The van der Waals surface area contributed by atoms with Gasteiger partial charge in [0.2, 0.25) is 10.0 Å². The summed E-state index contributed by atoms with van der Waals surface area (Å²) in [5, 5.41) is 8.84. The molecule has 0 radical (unpaired) electrons. The van der Waals surface area contributed by atoms with Gasteiger partial charge in [-0.1, -0.05) is 0 Å². The van der Waals surface area contributed by atoms with Crippen molar-refractivity contribution in [3.8, 4) is 0 Å². The van der Waals surface area contributed by atoms with Crippen LogP contribution < -0.4 is 10.5 Å². The Morgan fingerprint density at radius 1 is 1.53 bits per heavy atom. The first-order valence-electron chi connectivity index (χ1n) is 5.58. The summed E-state index contributed by atoms with van der Waals surface area (Å²) < 4.78 is 44.7. The van der Waals surface area contributed by atoms with Crippen LogP contribution in [0.5, 0.6) is 0 Å². The molecule has 0 aliphatic carbocycles. The van der Waals surface area contributed by atoms with Crippen LogP contribution in [0.4, 0.5) is 10.1 Å². The lowest BCUT2D eigenvalue weighted by Gasteiger charge is -2.17. The molecule has 0 heterocycles. The van der Waals surface area contributed by atoms with Crippen LogP contribution in [0, 0.1) is 5.82 Å². The number of aliphatic hydroxyl groups excluding tert-OH is 1. The van der Waals surface area contributed by atoms with E-state index in [0.29, 0.717) is 0 Å². The van der Waals surface area contributed by atoms with E-state index in [1.807, 2.05) is 0 Å². The Bertz CT molecular complexity index is 515. The molecule has 0 amide bonds. The molecule has 0 spiro atoms. The molecule has 1 rings (SSSR count). The quantitative estimate of drug-likeness (QED) is 0.618. The molecule has 6 nitrogen and oxygen atoms in total. The number of hydrogen-bond acceptors (Lipinski definition) is 5. The number of nitrogen functional groups attached to an aromatic ring is 1. The molecule has 0 fully saturated rings. The molecule has 1 atom stereocenters. The van der Waals surface area contributed by atoms with Gasteiger partial charge in [-0.25, -0.2) is 17.5 Å². The highest BCUT2D eigenvalue weighted by atomic mass is 32.2. The van der Waals surface area contributed by atoms with Crippen LogP contribution in [-0.2, 0) is 14.8 Å². The topological polar surface area (TPSA) is 102 Å². The molecular formula is C11H17FN2O4S. The molecule has 0 saturated carbocycles. The molecule has 1 aromatic carbocycles. The van der Waals surface area contributed by atoms with Crippen molar-refractivity contribution in [3.05, 3.63) is 24.0 Å². The highest BCUT2D eigenvalue weighted by molar-refractivity contribution is 7.89. The van der Waals surface area contributed by atoms with Gasteiger partial charge >= 0.3 is 0 Å². The largest absolute Gasteiger partial charge is 0.399 e. The van der Waals surface area contributed by atoms with E-state index in [-0.39, 0.29) is 25.3 Å². The smallest absolute Gasteiger partial charge is 0.243 e. The summed E-state index contributed by atoms with van der Waals surface area (Å²) in [6.07, 6.45) is 0.170. The number of methoxy groups -OCH3 is 1. The van der Waals surface area contributed by atoms with Gasteiger partial charge in [0.25, 0.3) is 0 Å². The predicted molar refractivity (Wildman–Crippen MR) is 68.5 cm³/mol. The second kappa shape index (κ2) is 6.80. The van der Waals surface area contributed by atoms with Gasteiger partial charge in [0, 0.05) is 25.4 Å². The van der Waals surface area contributed by atoms with Crippen molar-refractivity contribution in [2.24, 2.45) is 0 Å². The van der Waals surface area contributed by atoms with Gasteiger partial charge in [0.1, 0.15) is 10.7 Å². The van der Waals surface area contributed by atoms with Gasteiger partial charge < -0.3 is 15.6 Å². The third kappa shape index (κ3) is 4.43. The van der Waals surface area contributed by atoms with Crippen LogP contribution >= 0.6 is 0 Å². The number of nitrogens with two attached hydrogens (primary N) is 1. The molecule has 0 bridgehead atoms. The molecule has 0 aliphatic rings. The van der Waals surface area contributed by atoms with E-state index >= 15 is 0 Å². The minimum absolute atomic E-state index is 0.0797. The Hall–Kier alpha value is -1.22. The summed E-state index contributed by atoms with van der Waals surface area (Å²) in [5.41, 5.74) is 5.50. The second-order valence-corrected chi connectivity index (χ2v) is 5.66. The molecular weight excluding hydrogens is 275 g/mol. The second-order valence-electron chi connectivity index (χ2n) is 3.98. The number of aliphatic hydroxyl groups is 1. The lowest BCUT2D eigenvalue weighted by Crippen LogP contribution is -2.39. The van der Waals surface area contributed by atoms with E-state index in [1.54, 1.807) is 0 Å². The Kier molecular flexibility index (Phi) is 5.67. The van der Waals surface area contributed by atoms with Crippen LogP contribution in [0.3, 0.4) is 0 Å². The van der Waals surface area contributed by atoms with Gasteiger partial charge in [-0.3, -0.25) is 0 Å². The first-order chi connectivity index (χ1) is 8.90. The van der Waals surface area contributed by atoms with E-state index in [4.69, 9.17) is 15.6 Å². The number of sulfonamides is 1. The zero-order chi connectivity index (χ0) is 14.5. The SMILES string of the molecule is COCC(CCO)NS(=O)(=O)c1ccc(N)cc1F. The summed E-state index contributed by atoms with van der Waals surface area (Å²) in [6.45, 7) is -0.128. The molecule has 1 unspecified atom stereocenters. The number of nitrogens with one attached hydrogen (secondary N) is 1. The fraction of sp³-hybridized carbons (Fsp3) is 0.455. The van der Waals surface area contributed by atoms with Crippen LogP contribution in [0.2, 0.25) is 0 Å². The molecule has 0 saturated heterocycles. The fourth-order valence-electron chi connectivity index (χ4n) is 1.55. The van der Waals surface area contributed by atoms with E-state index < -0.39 is 26.8 Å². The van der Waals surface area contributed by atoms with E-state index in [0.717, 1.165) is 12.1 Å². The number of benzene rings is 1. The molecule has 108 valence electrons. The van der Waals surface area contributed by atoms with E-state index in [9.17, 15) is 12.8 Å². The van der Waals surface area contributed by atoms with Crippen LogP contribution in [0.25, 0.3) is 0 Å². The van der Waals surface area contributed by atoms with Crippen molar-refractivity contribution in [2.45, 2.75) is 17.4 Å². The van der Waals surface area contributed by atoms with Crippen molar-refractivity contribution in [1.29, 1.82) is 0 Å². The van der Waals surface area contributed by atoms with E-state index in [1.165, 1.54) is 13.2 Å². The standard InChI is InChI=1S/C11H17FN2O4S/c1-18-7-9(4-5-15)14-19(16,17)11-3-2-8(13)6-10(11)12/h2-3,6,9,14-15H,4-5,7,13H2,1H3. The molecule has 19 heavy (non-hydrogen) atoms. The summed E-state index contributed by atoms with van der Waals surface area (Å²) in [7, 11) is -2.62. The predicted octanol–water partition coefficient (Wildman–Crippen LogP) is 0.0836. The maximum atomic E-state index is 13.6. The zero-order valence-corrected chi connectivity index (χ0v) is 11.3. The van der Waals surface area contributed by atoms with Gasteiger partial charge in [0.05, 0.1) is 6.61 Å². The zero-order valence-electron chi connectivity index (χ0n) is 10.5. The Balaban J connectivity index is 2.96. The highest BCUT2D eigenvalue weighted by Gasteiger charge is 2.23. The Morgan fingerprint density at radius 3 is 2.74 bits per heavy atom. The van der Waals surface area contributed by atoms with Crippen molar-refractivity contribution in [1.82, 2.24) is 4.72 Å². The maximum Gasteiger partial charge on any atom is 0.243 e. The highest BCUT2D eigenvalue weighted by Crippen LogP contribution is 2.17. The van der Waals surface area contributed by atoms with E-state index in [2.05, 4.69) is 4.72 Å². The monoisotopic (exact) mass is 292 g/mol. The fourth-order valence-corrected chi connectivity index (χ4v) is 2.87. The number of ether oxygens (including phenoxy) is 1. The van der Waals surface area contributed by atoms with Gasteiger partial charge in [-0.05, 0) is 24.6 Å². The maximum absolute atomic E-state index is 13.6. The summed E-state index contributed by atoms with van der Waals surface area (Å²) in [6, 6.07) is 2.70. The third-order valence-corrected chi connectivity index (χ3v) is 3.97. The van der Waals surface area contributed by atoms with Gasteiger partial charge in [0.15, 0.2) is 0 Å². The van der Waals surface area contributed by atoms with Gasteiger partial charge in [-0.15, -0.1) is 0 Å². The normalized spacial score (nSPS) is 13.4. The third-order valence-electron chi connectivity index (χ3n) is 2.41. The lowest BCUT2D eigenvalue weighted by molar-refractivity contribution is 0.158. The number of anilines is 1. The molecule has 0 aromatic heterocycles. The first-order valence-corrected chi connectivity index (χ1v) is 7.06. The summed E-state index contributed by atoms with van der Waals surface area (Å²) >= 11 is 0. The van der Waals surface area contributed by atoms with Crippen molar-refractivity contribution in [2.75, 3.05) is 26.1 Å². The number of rotatable bonds is 7. The Morgan fingerprint density at radius 2 is 2.21 bits per heavy atom. The Labute approximate surface area is 111 Å². The molecule has 8 heteroatoms. The minimum Gasteiger partial charge on any atom is -0.399 e. The molecule has 0 aliphatic heterocycles. The van der Waals surface area contributed by atoms with Crippen molar-refractivity contribution < 1.29 is 22.7 Å². The van der Waals surface area contributed by atoms with Crippen molar-refractivity contribution in [3.63, 3.8) is 0 Å². The lowest BCUT2D eigenvalue weighted by atomic mass is 10.2. The number of hydrogen-bond donors (Lipinski definition) is 3. The van der Waals surface area contributed by atoms with Gasteiger partial charge in [-0.2, -0.15) is 0 Å². The summed E-state index contributed by atoms with van der Waals surface area (Å²) in [4.78, 5) is -0.485. The summed E-state index contributed by atoms with van der Waals surface area (Å²) in [5.74, 6) is -0.923.